The summed E-state index contributed by atoms with van der Waals surface area (Å²) in [7, 11) is 0. The molecule has 2 heterocycles. The van der Waals surface area contributed by atoms with Gasteiger partial charge in [0.15, 0.2) is 5.78 Å². The first-order valence-corrected chi connectivity index (χ1v) is 7.89. The van der Waals surface area contributed by atoms with E-state index in [1.165, 1.54) is 23.1 Å². The van der Waals surface area contributed by atoms with E-state index in [9.17, 15) is 4.79 Å². The van der Waals surface area contributed by atoms with Crippen molar-refractivity contribution < 1.29 is 4.79 Å². The smallest absolute Gasteiger partial charge is 0.185 e. The minimum absolute atomic E-state index is 0.0871. The number of allylic oxidation sites excluding steroid dienone is 2. The van der Waals surface area contributed by atoms with Crippen LogP contribution in [0.5, 0.6) is 0 Å². The molecular weight excluding hydrogens is 292 g/mol. The molecular formula is C13H12N4OS2. The summed E-state index contributed by atoms with van der Waals surface area (Å²) in [5, 5.41) is 11.6. The fourth-order valence-electron chi connectivity index (χ4n) is 2.29. The average molecular weight is 304 g/mol. The van der Waals surface area contributed by atoms with E-state index in [0.29, 0.717) is 5.92 Å². The van der Waals surface area contributed by atoms with Crippen molar-refractivity contribution in [2.75, 3.05) is 0 Å². The van der Waals surface area contributed by atoms with Crippen molar-refractivity contribution in [1.29, 1.82) is 0 Å². The van der Waals surface area contributed by atoms with Crippen LogP contribution in [0.25, 0.3) is 12.2 Å². The summed E-state index contributed by atoms with van der Waals surface area (Å²) in [5.74, 6) is 0.521. The predicted octanol–water partition coefficient (Wildman–Crippen LogP) is 2.86. The normalized spacial score (nSPS) is 23.6. The van der Waals surface area contributed by atoms with Gasteiger partial charge < -0.3 is 0 Å². The molecule has 3 rings (SSSR count). The van der Waals surface area contributed by atoms with Crippen LogP contribution < -0.4 is 0 Å². The van der Waals surface area contributed by atoms with Gasteiger partial charge >= 0.3 is 0 Å². The molecule has 1 aliphatic carbocycles. The summed E-state index contributed by atoms with van der Waals surface area (Å²) in [6.45, 7) is 2.15. The van der Waals surface area contributed by atoms with E-state index in [2.05, 4.69) is 26.1 Å². The molecule has 0 spiro atoms. The summed E-state index contributed by atoms with van der Waals surface area (Å²) in [6, 6.07) is 0. The lowest BCUT2D eigenvalue weighted by atomic mass is 9.81. The fraction of sp³-hybridized carbons (Fsp3) is 0.308. The number of ketones is 1. The maximum Gasteiger partial charge on any atom is 0.185 e. The molecule has 1 fully saturated rings. The van der Waals surface area contributed by atoms with Crippen LogP contribution in [0.2, 0.25) is 0 Å². The highest BCUT2D eigenvalue weighted by Crippen LogP contribution is 2.31. The van der Waals surface area contributed by atoms with Gasteiger partial charge in [-0.25, -0.2) is 0 Å². The highest BCUT2D eigenvalue weighted by atomic mass is 32.1. The zero-order chi connectivity index (χ0) is 13.9. The van der Waals surface area contributed by atoms with Crippen LogP contribution in [0.1, 0.15) is 31.2 Å². The lowest BCUT2D eigenvalue weighted by molar-refractivity contribution is -0.113. The molecule has 102 valence electrons. The lowest BCUT2D eigenvalue weighted by Gasteiger charge is -2.22. The molecule has 0 saturated heterocycles. The highest BCUT2D eigenvalue weighted by molar-refractivity contribution is 7.03. The molecule has 7 heteroatoms. The number of carbonyl (C=O) groups is 1. The Bertz CT molecular complexity index is 602. The molecule has 2 aromatic heterocycles. The third-order valence-electron chi connectivity index (χ3n) is 3.12. The van der Waals surface area contributed by atoms with Crippen LogP contribution in [0.15, 0.2) is 21.9 Å². The molecule has 0 aliphatic heterocycles. The van der Waals surface area contributed by atoms with Gasteiger partial charge in [-0.1, -0.05) is 15.9 Å². The number of hydrogen-bond donors (Lipinski definition) is 0. The topological polar surface area (TPSA) is 68.6 Å². The van der Waals surface area contributed by atoms with E-state index in [1.54, 1.807) is 0 Å². The van der Waals surface area contributed by atoms with E-state index in [-0.39, 0.29) is 5.78 Å². The van der Waals surface area contributed by atoms with Gasteiger partial charge in [-0.15, -0.1) is 10.2 Å². The van der Waals surface area contributed by atoms with E-state index in [0.717, 1.165) is 35.4 Å². The molecule has 1 aliphatic rings. The number of hydrogen-bond acceptors (Lipinski definition) is 7. The predicted molar refractivity (Wildman–Crippen MR) is 79.2 cm³/mol. The number of nitrogens with zero attached hydrogens (tertiary/aromatic N) is 4. The monoisotopic (exact) mass is 304 g/mol. The summed E-state index contributed by atoms with van der Waals surface area (Å²) in [4.78, 5) is 12.5. The number of rotatable bonds is 2. The molecule has 2 aromatic rings. The van der Waals surface area contributed by atoms with Gasteiger partial charge in [0.2, 0.25) is 0 Å². The second kappa shape index (κ2) is 5.72. The number of carbonyl (C=O) groups excluding carboxylic acids is 1. The Balaban J connectivity index is 1.92. The van der Waals surface area contributed by atoms with Crippen molar-refractivity contribution >= 4 is 41.0 Å². The largest absolute Gasteiger partial charge is 0.289 e. The van der Waals surface area contributed by atoms with Crippen molar-refractivity contribution in [2.45, 2.75) is 19.8 Å². The van der Waals surface area contributed by atoms with Crippen molar-refractivity contribution in [2.24, 2.45) is 5.92 Å². The maximum absolute atomic E-state index is 12.5. The lowest BCUT2D eigenvalue weighted by Crippen LogP contribution is -2.18. The second-order valence-electron chi connectivity index (χ2n) is 4.84. The third-order valence-corrected chi connectivity index (χ3v) is 4.16. The Morgan fingerprint density at radius 3 is 1.95 bits per heavy atom. The van der Waals surface area contributed by atoms with Gasteiger partial charge in [0.05, 0.1) is 11.4 Å². The summed E-state index contributed by atoms with van der Waals surface area (Å²) in [6.07, 6.45) is 5.25. The molecule has 0 aromatic carbocycles. The van der Waals surface area contributed by atoms with Crippen LogP contribution in [0.4, 0.5) is 0 Å². The third kappa shape index (κ3) is 2.88. The van der Waals surface area contributed by atoms with E-state index < -0.39 is 0 Å². The zero-order valence-corrected chi connectivity index (χ0v) is 12.4. The molecule has 0 radical (unpaired) electrons. The Morgan fingerprint density at radius 2 is 1.55 bits per heavy atom. The minimum Gasteiger partial charge on any atom is -0.289 e. The molecule has 20 heavy (non-hydrogen) atoms. The van der Waals surface area contributed by atoms with Gasteiger partial charge in [0.1, 0.15) is 0 Å². The molecule has 1 saturated carbocycles. The van der Waals surface area contributed by atoms with Crippen LogP contribution in [-0.2, 0) is 4.79 Å². The van der Waals surface area contributed by atoms with Gasteiger partial charge in [0, 0.05) is 21.9 Å². The summed E-state index contributed by atoms with van der Waals surface area (Å²) >= 11 is 2.57. The van der Waals surface area contributed by atoms with Crippen LogP contribution in [-0.4, -0.2) is 25.0 Å². The Hall–Kier alpha value is -1.73. The second-order valence-corrected chi connectivity index (χ2v) is 6.06. The van der Waals surface area contributed by atoms with Crippen LogP contribution >= 0.6 is 23.1 Å². The molecule has 0 atom stereocenters. The van der Waals surface area contributed by atoms with Gasteiger partial charge in [-0.2, -0.15) is 0 Å². The Labute approximate surface area is 124 Å². The minimum atomic E-state index is 0.0871. The van der Waals surface area contributed by atoms with Gasteiger partial charge in [0.25, 0.3) is 0 Å². The van der Waals surface area contributed by atoms with Crippen molar-refractivity contribution in [3.8, 4) is 0 Å². The number of aromatic nitrogens is 4. The molecule has 0 bridgehead atoms. The summed E-state index contributed by atoms with van der Waals surface area (Å²) < 4.78 is 7.63. The van der Waals surface area contributed by atoms with E-state index in [1.807, 2.05) is 22.9 Å². The average Bonchev–Trinajstić information content (AvgIpc) is 3.08. The first kappa shape index (κ1) is 13.3. The quantitative estimate of drug-likeness (QED) is 0.798. The SMILES string of the molecule is CC1C/C(=C/c2csnn2)C(=O)/C(=C\c2csnn2)C1. The summed E-state index contributed by atoms with van der Waals surface area (Å²) in [5.41, 5.74) is 3.10. The van der Waals surface area contributed by atoms with E-state index >= 15 is 0 Å². The van der Waals surface area contributed by atoms with Gasteiger partial charge in [-0.3, -0.25) is 4.79 Å². The van der Waals surface area contributed by atoms with Crippen LogP contribution in [0.3, 0.4) is 0 Å². The molecule has 0 unspecified atom stereocenters. The van der Waals surface area contributed by atoms with Crippen LogP contribution in [0, 0.1) is 5.92 Å². The van der Waals surface area contributed by atoms with Crippen molar-refractivity contribution in [3.63, 3.8) is 0 Å². The first-order valence-electron chi connectivity index (χ1n) is 6.22. The molecule has 0 N–H and O–H groups in total. The number of Topliss-reactive ketones (excluding diaryl/α,β-unsaturated/α-hetero) is 1. The molecule has 5 nitrogen and oxygen atoms in total. The molecule has 0 amide bonds. The zero-order valence-electron chi connectivity index (χ0n) is 10.8. The van der Waals surface area contributed by atoms with Crippen molar-refractivity contribution in [1.82, 2.24) is 19.2 Å². The van der Waals surface area contributed by atoms with Crippen molar-refractivity contribution in [3.05, 3.63) is 33.3 Å². The fourth-order valence-corrected chi connectivity index (χ4v) is 3.11. The van der Waals surface area contributed by atoms with E-state index in [4.69, 9.17) is 0 Å². The van der Waals surface area contributed by atoms with Gasteiger partial charge in [-0.05, 0) is 54.0 Å². The Morgan fingerprint density at radius 1 is 1.05 bits per heavy atom. The maximum atomic E-state index is 12.5. The Kier molecular flexibility index (Phi) is 3.79. The standard InChI is InChI=1S/C13H12N4OS2/c1-8-2-9(4-11-6-19-16-14-11)13(18)10(3-8)5-12-7-20-17-15-12/h4-8H,2-3H2,1H3/b9-4-,10-5-. The highest BCUT2D eigenvalue weighted by Gasteiger charge is 2.25. The first-order chi connectivity index (χ1) is 9.72.